The first-order valence-electron chi connectivity index (χ1n) is 11.6. The topological polar surface area (TPSA) is 79.9 Å². The van der Waals surface area contributed by atoms with E-state index in [-0.39, 0.29) is 23.8 Å². The molecule has 0 radical (unpaired) electrons. The molecule has 1 fully saturated rings. The lowest BCUT2D eigenvalue weighted by Crippen LogP contribution is -2.46. The Balaban J connectivity index is 1.75. The van der Waals surface area contributed by atoms with Gasteiger partial charge in [0.1, 0.15) is 11.8 Å². The quantitative estimate of drug-likeness (QED) is 0.578. The molecule has 0 bridgehead atoms. The number of ether oxygens (including phenoxy) is 2. The molecule has 0 aromatic heterocycles. The zero-order valence-corrected chi connectivity index (χ0v) is 19.8. The molecule has 1 saturated heterocycles. The largest absolute Gasteiger partial charge is 0.497 e. The van der Waals surface area contributed by atoms with Crippen LogP contribution in [0.1, 0.15) is 43.5 Å². The summed E-state index contributed by atoms with van der Waals surface area (Å²) < 4.78 is 10.8. The Hall–Kier alpha value is -2.90. The molecule has 1 aliphatic heterocycles. The second kappa shape index (κ2) is 12.4. The van der Waals surface area contributed by atoms with Crippen molar-refractivity contribution in [3.8, 4) is 5.75 Å². The van der Waals surface area contributed by atoms with Gasteiger partial charge >= 0.3 is 0 Å². The summed E-state index contributed by atoms with van der Waals surface area (Å²) in [6.45, 7) is 7.31. The fourth-order valence-corrected chi connectivity index (χ4v) is 4.01. The van der Waals surface area contributed by atoms with Crippen LogP contribution in [-0.4, -0.2) is 56.7 Å². The Labute approximate surface area is 196 Å². The Morgan fingerprint density at radius 1 is 1.00 bits per heavy atom. The minimum absolute atomic E-state index is 0.00783. The van der Waals surface area contributed by atoms with E-state index in [4.69, 9.17) is 9.47 Å². The van der Waals surface area contributed by atoms with Crippen molar-refractivity contribution in [2.45, 2.75) is 32.4 Å². The molecule has 178 valence electrons. The average molecular weight is 454 g/mol. The summed E-state index contributed by atoms with van der Waals surface area (Å²) in [7, 11) is 1.64. The van der Waals surface area contributed by atoms with Crippen molar-refractivity contribution in [1.82, 2.24) is 15.5 Å². The van der Waals surface area contributed by atoms with Gasteiger partial charge in [0.15, 0.2) is 0 Å². The highest BCUT2D eigenvalue weighted by Crippen LogP contribution is 2.24. The predicted molar refractivity (Wildman–Crippen MR) is 128 cm³/mol. The van der Waals surface area contributed by atoms with Crippen LogP contribution in [0, 0.1) is 5.92 Å². The van der Waals surface area contributed by atoms with Crippen molar-refractivity contribution < 1.29 is 19.1 Å². The van der Waals surface area contributed by atoms with Crippen molar-refractivity contribution in [3.05, 3.63) is 65.7 Å². The van der Waals surface area contributed by atoms with Gasteiger partial charge in [-0.25, -0.2) is 0 Å². The SMILES string of the molecule is COc1ccc(C(CNC(=O)C(NC(=O)CC(C)C)c2ccccc2)N2CCOCC2)cc1. The normalized spacial score (nSPS) is 16.1. The summed E-state index contributed by atoms with van der Waals surface area (Å²) in [5.41, 5.74) is 1.86. The van der Waals surface area contributed by atoms with Gasteiger partial charge in [0.05, 0.1) is 26.4 Å². The van der Waals surface area contributed by atoms with Gasteiger partial charge in [0.25, 0.3) is 0 Å². The maximum atomic E-state index is 13.3. The summed E-state index contributed by atoms with van der Waals surface area (Å²) >= 11 is 0. The van der Waals surface area contributed by atoms with E-state index in [2.05, 4.69) is 15.5 Å². The summed E-state index contributed by atoms with van der Waals surface area (Å²) in [6, 6.07) is 16.6. The summed E-state index contributed by atoms with van der Waals surface area (Å²) in [5, 5.41) is 6.02. The zero-order valence-electron chi connectivity index (χ0n) is 19.8. The van der Waals surface area contributed by atoms with E-state index in [0.29, 0.717) is 26.2 Å². The number of hydrogen-bond donors (Lipinski definition) is 2. The fraction of sp³-hybridized carbons (Fsp3) is 0.462. The van der Waals surface area contributed by atoms with Gasteiger partial charge in [-0.15, -0.1) is 0 Å². The number of benzene rings is 2. The van der Waals surface area contributed by atoms with Crippen LogP contribution < -0.4 is 15.4 Å². The Morgan fingerprint density at radius 2 is 1.67 bits per heavy atom. The number of carbonyl (C=O) groups excluding carboxylic acids is 2. The molecule has 2 aromatic carbocycles. The first-order valence-corrected chi connectivity index (χ1v) is 11.6. The maximum Gasteiger partial charge on any atom is 0.247 e. The smallest absolute Gasteiger partial charge is 0.247 e. The highest BCUT2D eigenvalue weighted by molar-refractivity contribution is 5.88. The van der Waals surface area contributed by atoms with E-state index in [1.54, 1.807) is 7.11 Å². The minimum Gasteiger partial charge on any atom is -0.497 e. The summed E-state index contributed by atoms with van der Waals surface area (Å²) in [5.74, 6) is 0.657. The van der Waals surface area contributed by atoms with Crippen molar-refractivity contribution in [2.75, 3.05) is 40.0 Å². The van der Waals surface area contributed by atoms with E-state index in [1.807, 2.05) is 68.4 Å². The lowest BCUT2D eigenvalue weighted by atomic mass is 10.0. The molecule has 2 unspecified atom stereocenters. The van der Waals surface area contributed by atoms with Crippen LogP contribution >= 0.6 is 0 Å². The van der Waals surface area contributed by atoms with Gasteiger partial charge in [0.2, 0.25) is 11.8 Å². The Morgan fingerprint density at radius 3 is 2.27 bits per heavy atom. The van der Waals surface area contributed by atoms with Crippen LogP contribution in [0.15, 0.2) is 54.6 Å². The highest BCUT2D eigenvalue weighted by Gasteiger charge is 2.27. The van der Waals surface area contributed by atoms with Crippen LogP contribution in [0.3, 0.4) is 0 Å². The number of nitrogens with one attached hydrogen (secondary N) is 2. The molecule has 0 aliphatic carbocycles. The second-order valence-electron chi connectivity index (χ2n) is 8.69. The van der Waals surface area contributed by atoms with E-state index < -0.39 is 6.04 Å². The van der Waals surface area contributed by atoms with E-state index in [1.165, 1.54) is 0 Å². The van der Waals surface area contributed by atoms with Gasteiger partial charge < -0.3 is 20.1 Å². The summed E-state index contributed by atoms with van der Waals surface area (Å²) in [4.78, 5) is 28.1. The molecule has 7 nitrogen and oxygen atoms in total. The van der Waals surface area contributed by atoms with Crippen LogP contribution in [0.4, 0.5) is 0 Å². The second-order valence-corrected chi connectivity index (χ2v) is 8.69. The minimum atomic E-state index is -0.737. The lowest BCUT2D eigenvalue weighted by Gasteiger charge is -2.35. The van der Waals surface area contributed by atoms with Crippen molar-refractivity contribution in [2.24, 2.45) is 5.92 Å². The van der Waals surface area contributed by atoms with Gasteiger partial charge in [-0.05, 0) is 29.2 Å². The van der Waals surface area contributed by atoms with Crippen LogP contribution in [0.2, 0.25) is 0 Å². The summed E-state index contributed by atoms with van der Waals surface area (Å²) in [6.07, 6.45) is 0.374. The fourth-order valence-electron chi connectivity index (χ4n) is 4.01. The number of methoxy groups -OCH3 is 1. The molecule has 2 amide bonds. The third kappa shape index (κ3) is 7.30. The van der Waals surface area contributed by atoms with Crippen molar-refractivity contribution in [3.63, 3.8) is 0 Å². The van der Waals surface area contributed by atoms with Gasteiger partial charge in [-0.2, -0.15) is 0 Å². The molecule has 7 heteroatoms. The standard InChI is InChI=1S/C26H35N3O4/c1-19(2)17-24(30)28-25(21-7-5-4-6-8-21)26(31)27-18-23(29-13-15-33-16-14-29)20-9-11-22(32-3)12-10-20/h4-12,19,23,25H,13-18H2,1-3H3,(H,27,31)(H,28,30). The number of hydrogen-bond acceptors (Lipinski definition) is 5. The Kier molecular flexibility index (Phi) is 9.27. The van der Waals surface area contributed by atoms with Gasteiger partial charge in [0, 0.05) is 26.1 Å². The lowest BCUT2D eigenvalue weighted by molar-refractivity contribution is -0.129. The average Bonchev–Trinajstić information content (AvgIpc) is 2.83. The van der Waals surface area contributed by atoms with Crippen LogP contribution in [0.5, 0.6) is 5.75 Å². The van der Waals surface area contributed by atoms with E-state index in [9.17, 15) is 9.59 Å². The Bertz CT molecular complexity index is 880. The van der Waals surface area contributed by atoms with Gasteiger partial charge in [-0.3, -0.25) is 14.5 Å². The molecule has 0 saturated carbocycles. The number of amides is 2. The first kappa shape index (κ1) is 24.7. The molecule has 33 heavy (non-hydrogen) atoms. The molecule has 2 atom stereocenters. The van der Waals surface area contributed by atoms with Gasteiger partial charge in [-0.1, -0.05) is 56.3 Å². The molecular weight excluding hydrogens is 418 g/mol. The van der Waals surface area contributed by atoms with Crippen molar-refractivity contribution in [1.29, 1.82) is 0 Å². The number of nitrogens with zero attached hydrogens (tertiary/aromatic N) is 1. The number of rotatable bonds is 10. The van der Waals surface area contributed by atoms with E-state index >= 15 is 0 Å². The van der Waals surface area contributed by atoms with Crippen LogP contribution in [0.25, 0.3) is 0 Å². The molecule has 3 rings (SSSR count). The third-order valence-corrected chi connectivity index (χ3v) is 5.75. The zero-order chi connectivity index (χ0) is 23.6. The predicted octanol–water partition coefficient (Wildman–Crippen LogP) is 3.09. The molecule has 0 spiro atoms. The van der Waals surface area contributed by atoms with Crippen molar-refractivity contribution >= 4 is 11.8 Å². The molecular formula is C26H35N3O4. The number of carbonyl (C=O) groups is 2. The molecule has 2 aromatic rings. The maximum absolute atomic E-state index is 13.3. The highest BCUT2D eigenvalue weighted by atomic mass is 16.5. The molecule has 1 heterocycles. The van der Waals surface area contributed by atoms with Crippen LogP contribution in [-0.2, 0) is 14.3 Å². The molecule has 2 N–H and O–H groups in total. The monoisotopic (exact) mass is 453 g/mol. The number of morpholine rings is 1. The first-order chi connectivity index (χ1) is 16.0. The van der Waals surface area contributed by atoms with E-state index in [0.717, 1.165) is 30.0 Å². The molecule has 1 aliphatic rings. The third-order valence-electron chi connectivity index (χ3n) is 5.75.